The fraction of sp³-hybridized carbons (Fsp3) is 0.412. The second-order valence-electron chi connectivity index (χ2n) is 5.70. The lowest BCUT2D eigenvalue weighted by Crippen LogP contribution is -2.27. The van der Waals surface area contributed by atoms with Crippen LogP contribution in [0.25, 0.3) is 0 Å². The standard InChI is InChI=1S/C17H21N3O/c1-21-12-14-11-15(18)20-16(19-14)17(9-5-6-10-17)13-7-3-2-4-8-13/h2-4,7-8,11H,5-6,9-10,12H2,1H3,(H2,18,19,20). The summed E-state index contributed by atoms with van der Waals surface area (Å²) in [5.41, 5.74) is 8.03. The van der Waals surface area contributed by atoms with E-state index in [9.17, 15) is 0 Å². The average Bonchev–Trinajstić information content (AvgIpc) is 2.99. The maximum absolute atomic E-state index is 5.99. The fourth-order valence-corrected chi connectivity index (χ4v) is 3.33. The number of hydrogen-bond acceptors (Lipinski definition) is 4. The first-order valence-electron chi connectivity index (χ1n) is 7.43. The Morgan fingerprint density at radius 3 is 2.52 bits per heavy atom. The van der Waals surface area contributed by atoms with Crippen molar-refractivity contribution in [1.29, 1.82) is 0 Å². The van der Waals surface area contributed by atoms with Crippen molar-refractivity contribution in [3.05, 3.63) is 53.5 Å². The highest BCUT2D eigenvalue weighted by molar-refractivity contribution is 5.38. The molecule has 2 aromatic rings. The zero-order chi connectivity index (χ0) is 14.7. The number of hydrogen-bond donors (Lipinski definition) is 1. The number of nitrogens with zero attached hydrogens (tertiary/aromatic N) is 2. The Hall–Kier alpha value is -1.94. The Kier molecular flexibility index (Phi) is 3.88. The molecule has 0 unspecified atom stereocenters. The summed E-state index contributed by atoms with van der Waals surface area (Å²) in [5.74, 6) is 1.37. The van der Waals surface area contributed by atoms with Gasteiger partial charge in [-0.3, -0.25) is 0 Å². The van der Waals surface area contributed by atoms with Gasteiger partial charge in [-0.2, -0.15) is 0 Å². The third kappa shape index (κ3) is 2.63. The molecular formula is C17H21N3O. The lowest BCUT2D eigenvalue weighted by Gasteiger charge is -2.28. The molecule has 3 rings (SSSR count). The van der Waals surface area contributed by atoms with Crippen molar-refractivity contribution >= 4 is 5.82 Å². The fourth-order valence-electron chi connectivity index (χ4n) is 3.33. The van der Waals surface area contributed by atoms with Gasteiger partial charge in [0.25, 0.3) is 0 Å². The van der Waals surface area contributed by atoms with Crippen molar-refractivity contribution in [2.75, 3.05) is 12.8 Å². The zero-order valence-electron chi connectivity index (χ0n) is 12.4. The van der Waals surface area contributed by atoms with Gasteiger partial charge in [-0.1, -0.05) is 43.2 Å². The zero-order valence-corrected chi connectivity index (χ0v) is 12.4. The summed E-state index contributed by atoms with van der Waals surface area (Å²) in [6, 6.07) is 12.3. The number of anilines is 1. The summed E-state index contributed by atoms with van der Waals surface area (Å²) < 4.78 is 5.19. The summed E-state index contributed by atoms with van der Waals surface area (Å²) >= 11 is 0. The Bertz CT molecular complexity index is 607. The molecule has 4 nitrogen and oxygen atoms in total. The van der Waals surface area contributed by atoms with Gasteiger partial charge in [-0.15, -0.1) is 0 Å². The Balaban J connectivity index is 2.10. The minimum atomic E-state index is -0.0981. The highest BCUT2D eigenvalue weighted by Gasteiger charge is 2.40. The topological polar surface area (TPSA) is 61.0 Å². The molecule has 0 spiro atoms. The van der Waals surface area contributed by atoms with Crippen LogP contribution in [0.1, 0.15) is 42.8 Å². The molecular weight excluding hydrogens is 262 g/mol. The summed E-state index contributed by atoms with van der Waals surface area (Å²) in [6.45, 7) is 0.463. The van der Waals surface area contributed by atoms with E-state index < -0.39 is 0 Å². The van der Waals surface area contributed by atoms with Crippen LogP contribution in [-0.4, -0.2) is 17.1 Å². The number of nitrogen functional groups attached to an aromatic ring is 1. The smallest absolute Gasteiger partial charge is 0.141 e. The minimum Gasteiger partial charge on any atom is -0.384 e. The number of aromatic nitrogens is 2. The molecule has 1 aromatic heterocycles. The van der Waals surface area contributed by atoms with E-state index in [-0.39, 0.29) is 5.41 Å². The van der Waals surface area contributed by atoms with Gasteiger partial charge >= 0.3 is 0 Å². The van der Waals surface area contributed by atoms with E-state index >= 15 is 0 Å². The number of rotatable bonds is 4. The van der Waals surface area contributed by atoms with Gasteiger partial charge in [0.05, 0.1) is 17.7 Å². The average molecular weight is 283 g/mol. The number of methoxy groups -OCH3 is 1. The molecule has 0 amide bonds. The second kappa shape index (κ2) is 5.82. The largest absolute Gasteiger partial charge is 0.384 e. The van der Waals surface area contributed by atoms with Crippen LogP contribution < -0.4 is 5.73 Å². The number of ether oxygens (including phenoxy) is 1. The summed E-state index contributed by atoms with van der Waals surface area (Å²) in [5, 5.41) is 0. The second-order valence-corrected chi connectivity index (χ2v) is 5.70. The molecule has 0 bridgehead atoms. The van der Waals surface area contributed by atoms with Crippen molar-refractivity contribution in [3.63, 3.8) is 0 Å². The molecule has 2 N–H and O–H groups in total. The molecule has 1 fully saturated rings. The van der Waals surface area contributed by atoms with E-state index in [0.29, 0.717) is 12.4 Å². The molecule has 4 heteroatoms. The van der Waals surface area contributed by atoms with Gasteiger partial charge in [0.15, 0.2) is 0 Å². The number of benzene rings is 1. The van der Waals surface area contributed by atoms with Crippen molar-refractivity contribution in [1.82, 2.24) is 9.97 Å². The highest BCUT2D eigenvalue weighted by atomic mass is 16.5. The summed E-state index contributed by atoms with van der Waals surface area (Å²) in [7, 11) is 1.67. The van der Waals surface area contributed by atoms with E-state index in [4.69, 9.17) is 15.5 Å². The van der Waals surface area contributed by atoms with Gasteiger partial charge in [-0.25, -0.2) is 9.97 Å². The Morgan fingerprint density at radius 2 is 1.86 bits per heavy atom. The van der Waals surface area contributed by atoms with Crippen LogP contribution in [0.5, 0.6) is 0 Å². The molecule has 1 aliphatic rings. The van der Waals surface area contributed by atoms with Crippen LogP contribution in [0.2, 0.25) is 0 Å². The van der Waals surface area contributed by atoms with Crippen molar-refractivity contribution in [3.8, 4) is 0 Å². The molecule has 0 saturated heterocycles. The first kappa shape index (κ1) is 14.0. The maximum Gasteiger partial charge on any atom is 0.141 e. The van der Waals surface area contributed by atoms with E-state index in [1.807, 2.05) is 6.07 Å². The highest BCUT2D eigenvalue weighted by Crippen LogP contribution is 2.45. The van der Waals surface area contributed by atoms with Gasteiger partial charge in [0.1, 0.15) is 11.6 Å². The monoisotopic (exact) mass is 283 g/mol. The molecule has 21 heavy (non-hydrogen) atoms. The summed E-state index contributed by atoms with van der Waals surface area (Å²) in [6.07, 6.45) is 4.55. The maximum atomic E-state index is 5.99. The third-order valence-electron chi connectivity index (χ3n) is 4.30. The van der Waals surface area contributed by atoms with Gasteiger partial charge in [0.2, 0.25) is 0 Å². The molecule has 1 heterocycles. The SMILES string of the molecule is COCc1cc(N)nc(C2(c3ccccc3)CCCC2)n1. The van der Waals surface area contributed by atoms with Gasteiger partial charge in [0, 0.05) is 13.2 Å². The van der Waals surface area contributed by atoms with Crippen molar-refractivity contribution in [2.45, 2.75) is 37.7 Å². The van der Waals surface area contributed by atoms with E-state index in [0.717, 1.165) is 24.4 Å². The third-order valence-corrected chi connectivity index (χ3v) is 4.30. The molecule has 0 radical (unpaired) electrons. The van der Waals surface area contributed by atoms with Crippen molar-refractivity contribution in [2.24, 2.45) is 0 Å². The predicted octanol–water partition coefficient (Wildman–Crippen LogP) is 3.07. The van der Waals surface area contributed by atoms with Crippen LogP contribution in [0.3, 0.4) is 0 Å². The van der Waals surface area contributed by atoms with Crippen LogP contribution in [0.15, 0.2) is 36.4 Å². The summed E-state index contributed by atoms with van der Waals surface area (Å²) in [4.78, 5) is 9.30. The van der Waals surface area contributed by atoms with E-state index in [2.05, 4.69) is 29.2 Å². The van der Waals surface area contributed by atoms with Crippen LogP contribution in [0, 0.1) is 0 Å². The first-order valence-corrected chi connectivity index (χ1v) is 7.43. The van der Waals surface area contributed by atoms with E-state index in [1.54, 1.807) is 13.2 Å². The van der Waals surface area contributed by atoms with Crippen LogP contribution in [0.4, 0.5) is 5.82 Å². The molecule has 1 aliphatic carbocycles. The Morgan fingerprint density at radius 1 is 1.14 bits per heavy atom. The predicted molar refractivity (Wildman–Crippen MR) is 82.8 cm³/mol. The van der Waals surface area contributed by atoms with Gasteiger partial charge in [-0.05, 0) is 18.4 Å². The van der Waals surface area contributed by atoms with Crippen LogP contribution >= 0.6 is 0 Å². The van der Waals surface area contributed by atoms with Crippen molar-refractivity contribution < 1.29 is 4.74 Å². The minimum absolute atomic E-state index is 0.0981. The Labute approximate surface area is 125 Å². The lowest BCUT2D eigenvalue weighted by atomic mass is 9.78. The first-order chi connectivity index (χ1) is 10.2. The normalized spacial score (nSPS) is 17.0. The molecule has 0 atom stereocenters. The quantitative estimate of drug-likeness (QED) is 0.936. The lowest BCUT2D eigenvalue weighted by molar-refractivity contribution is 0.181. The molecule has 0 aliphatic heterocycles. The van der Waals surface area contributed by atoms with Crippen LogP contribution in [-0.2, 0) is 16.8 Å². The molecule has 1 saturated carbocycles. The molecule has 1 aromatic carbocycles. The van der Waals surface area contributed by atoms with E-state index in [1.165, 1.54) is 18.4 Å². The molecule has 110 valence electrons. The van der Waals surface area contributed by atoms with Gasteiger partial charge < -0.3 is 10.5 Å². The number of nitrogens with two attached hydrogens (primary N) is 1.